The van der Waals surface area contributed by atoms with E-state index in [1.54, 1.807) is 0 Å². The lowest BCUT2D eigenvalue weighted by Crippen LogP contribution is -1.97. The summed E-state index contributed by atoms with van der Waals surface area (Å²) in [4.78, 5) is 10.6. The Morgan fingerprint density at radius 1 is 0.400 bits per heavy atom. The molecule has 10 aromatic rings. The Morgan fingerprint density at radius 3 is 1.72 bits per heavy atom. The third-order valence-corrected chi connectivity index (χ3v) is 10.7. The van der Waals surface area contributed by atoms with E-state index < -0.39 is 0 Å². The van der Waals surface area contributed by atoms with Crippen molar-refractivity contribution in [2.45, 2.75) is 0 Å². The molecule has 0 unspecified atom stereocenters. The van der Waals surface area contributed by atoms with Gasteiger partial charge in [-0.05, 0) is 65.7 Å². The van der Waals surface area contributed by atoms with Crippen molar-refractivity contribution in [2.75, 3.05) is 0 Å². The van der Waals surface area contributed by atoms with Gasteiger partial charge in [0.05, 0.1) is 22.4 Å². The SMILES string of the molecule is c1ccc(-c2cc(-c3ccccc3)nc(-c3cc(-c4ccc5c(c4)c4ccccc4n5-c4ccccc4)cc4sc5ccccc5c34)n2)cc1. The summed E-state index contributed by atoms with van der Waals surface area (Å²) in [6, 6.07) is 62.5. The Kier molecular flexibility index (Phi) is 6.68. The molecule has 0 spiro atoms. The minimum atomic E-state index is 0.724. The molecule has 3 heterocycles. The van der Waals surface area contributed by atoms with Crippen LogP contribution in [-0.2, 0) is 0 Å². The first-order valence-corrected chi connectivity index (χ1v) is 17.6. The van der Waals surface area contributed by atoms with Gasteiger partial charge < -0.3 is 4.57 Å². The average molecular weight is 656 g/mol. The number of fused-ring (bicyclic) bond motifs is 6. The van der Waals surface area contributed by atoms with Crippen molar-refractivity contribution in [1.82, 2.24) is 14.5 Å². The minimum Gasteiger partial charge on any atom is -0.309 e. The smallest absolute Gasteiger partial charge is 0.161 e. The van der Waals surface area contributed by atoms with Crippen molar-refractivity contribution >= 4 is 53.3 Å². The quantitative estimate of drug-likeness (QED) is 0.185. The monoisotopic (exact) mass is 655 g/mol. The Morgan fingerprint density at radius 2 is 1.00 bits per heavy atom. The lowest BCUT2D eigenvalue weighted by atomic mass is 9.97. The molecule has 50 heavy (non-hydrogen) atoms. The van der Waals surface area contributed by atoms with Crippen LogP contribution in [0.2, 0.25) is 0 Å². The highest BCUT2D eigenvalue weighted by atomic mass is 32.1. The van der Waals surface area contributed by atoms with Crippen LogP contribution in [-0.4, -0.2) is 14.5 Å². The minimum absolute atomic E-state index is 0.724. The first-order chi connectivity index (χ1) is 24.8. The van der Waals surface area contributed by atoms with E-state index in [4.69, 9.17) is 9.97 Å². The van der Waals surface area contributed by atoms with Crippen molar-refractivity contribution in [3.8, 4) is 50.7 Å². The van der Waals surface area contributed by atoms with Crippen LogP contribution in [0.25, 0.3) is 92.7 Å². The van der Waals surface area contributed by atoms with Gasteiger partial charge in [0.2, 0.25) is 0 Å². The average Bonchev–Trinajstić information content (AvgIpc) is 3.74. The van der Waals surface area contributed by atoms with Crippen LogP contribution in [0.15, 0.2) is 176 Å². The van der Waals surface area contributed by atoms with Crippen molar-refractivity contribution in [1.29, 1.82) is 0 Å². The van der Waals surface area contributed by atoms with Gasteiger partial charge in [-0.25, -0.2) is 9.97 Å². The summed E-state index contributed by atoms with van der Waals surface area (Å²) in [6.45, 7) is 0. The van der Waals surface area contributed by atoms with Gasteiger partial charge in [-0.2, -0.15) is 0 Å². The number of thiophene rings is 1. The van der Waals surface area contributed by atoms with Crippen molar-refractivity contribution in [2.24, 2.45) is 0 Å². The highest BCUT2D eigenvalue weighted by Crippen LogP contribution is 2.44. The predicted molar refractivity (Wildman–Crippen MR) is 211 cm³/mol. The van der Waals surface area contributed by atoms with Gasteiger partial charge in [-0.3, -0.25) is 0 Å². The molecule has 0 aliphatic carbocycles. The Bertz CT molecular complexity index is 2800. The molecule has 234 valence electrons. The Labute approximate surface area is 293 Å². The van der Waals surface area contributed by atoms with E-state index in [9.17, 15) is 0 Å². The fourth-order valence-electron chi connectivity index (χ4n) is 7.29. The molecule has 0 aliphatic heterocycles. The van der Waals surface area contributed by atoms with E-state index >= 15 is 0 Å². The lowest BCUT2D eigenvalue weighted by Gasteiger charge is -2.13. The first kappa shape index (κ1) is 28.6. The third kappa shape index (κ3) is 4.73. The second-order valence-corrected chi connectivity index (χ2v) is 13.7. The Balaban J connectivity index is 1.24. The van der Waals surface area contributed by atoms with Gasteiger partial charge in [0.25, 0.3) is 0 Å². The van der Waals surface area contributed by atoms with Gasteiger partial charge in [0.15, 0.2) is 5.82 Å². The molecule has 0 radical (unpaired) electrons. The summed E-state index contributed by atoms with van der Waals surface area (Å²) in [6.07, 6.45) is 0. The summed E-state index contributed by atoms with van der Waals surface area (Å²) in [5, 5.41) is 4.89. The zero-order valence-corrected chi connectivity index (χ0v) is 27.8. The summed E-state index contributed by atoms with van der Waals surface area (Å²) in [5.74, 6) is 0.724. The normalized spacial score (nSPS) is 11.6. The number of rotatable bonds is 5. The van der Waals surface area contributed by atoms with E-state index in [0.29, 0.717) is 0 Å². The maximum Gasteiger partial charge on any atom is 0.161 e. The molecule has 0 aliphatic rings. The number of para-hydroxylation sites is 2. The second-order valence-electron chi connectivity index (χ2n) is 12.6. The molecule has 0 atom stereocenters. The maximum absolute atomic E-state index is 5.29. The van der Waals surface area contributed by atoms with Gasteiger partial charge in [0, 0.05) is 53.3 Å². The van der Waals surface area contributed by atoms with Crippen LogP contribution in [0, 0.1) is 0 Å². The topological polar surface area (TPSA) is 30.7 Å². The summed E-state index contributed by atoms with van der Waals surface area (Å²) >= 11 is 1.83. The lowest BCUT2D eigenvalue weighted by molar-refractivity contribution is 1.18. The predicted octanol–water partition coefficient (Wildman–Crippen LogP) is 12.6. The molecule has 0 bridgehead atoms. The molecule has 0 saturated heterocycles. The zero-order valence-electron chi connectivity index (χ0n) is 27.0. The molecule has 0 amide bonds. The van der Waals surface area contributed by atoms with Crippen LogP contribution in [0.1, 0.15) is 0 Å². The molecule has 0 saturated carbocycles. The van der Waals surface area contributed by atoms with E-state index in [2.05, 4.69) is 168 Å². The van der Waals surface area contributed by atoms with E-state index in [1.165, 1.54) is 42.0 Å². The number of hydrogen-bond acceptors (Lipinski definition) is 3. The van der Waals surface area contributed by atoms with E-state index in [1.807, 2.05) is 23.5 Å². The van der Waals surface area contributed by atoms with Crippen LogP contribution < -0.4 is 0 Å². The number of hydrogen-bond donors (Lipinski definition) is 0. The summed E-state index contributed by atoms with van der Waals surface area (Å²) in [5.41, 5.74) is 10.8. The summed E-state index contributed by atoms with van der Waals surface area (Å²) < 4.78 is 4.84. The molecule has 0 fully saturated rings. The van der Waals surface area contributed by atoms with Crippen LogP contribution >= 0.6 is 11.3 Å². The van der Waals surface area contributed by atoms with Crippen molar-refractivity contribution in [3.05, 3.63) is 176 Å². The molecule has 10 rings (SSSR count). The first-order valence-electron chi connectivity index (χ1n) is 16.8. The molecule has 3 nitrogen and oxygen atoms in total. The third-order valence-electron chi connectivity index (χ3n) is 9.60. The number of nitrogens with zero attached hydrogens (tertiary/aromatic N) is 3. The Hall–Kier alpha value is -6.36. The fourth-order valence-corrected chi connectivity index (χ4v) is 8.46. The largest absolute Gasteiger partial charge is 0.309 e. The van der Waals surface area contributed by atoms with Gasteiger partial charge in [0.1, 0.15) is 0 Å². The summed E-state index contributed by atoms with van der Waals surface area (Å²) in [7, 11) is 0. The van der Waals surface area contributed by atoms with E-state index in [0.717, 1.165) is 50.7 Å². The number of benzene rings is 7. The number of aromatic nitrogens is 3. The van der Waals surface area contributed by atoms with Crippen LogP contribution in [0.5, 0.6) is 0 Å². The van der Waals surface area contributed by atoms with Crippen LogP contribution in [0.4, 0.5) is 0 Å². The fraction of sp³-hybridized carbons (Fsp3) is 0. The van der Waals surface area contributed by atoms with Crippen molar-refractivity contribution < 1.29 is 0 Å². The van der Waals surface area contributed by atoms with E-state index in [-0.39, 0.29) is 0 Å². The highest BCUT2D eigenvalue weighted by Gasteiger charge is 2.19. The highest BCUT2D eigenvalue weighted by molar-refractivity contribution is 7.26. The standard InChI is InChI=1S/C46H29N3S/c1-4-14-30(15-5-1)39-29-40(31-16-6-2-7-17-31)48-46(47-39)38-27-33(28-44-45(38)36-21-11-13-23-43(36)50-44)32-24-25-42-37(26-32)35-20-10-12-22-41(35)49(42)34-18-8-3-9-19-34/h1-29H. The zero-order chi connectivity index (χ0) is 33.0. The molecule has 7 aromatic carbocycles. The molecule has 3 aromatic heterocycles. The molecule has 0 N–H and O–H groups in total. The second kappa shape index (κ2) is 11.7. The van der Waals surface area contributed by atoms with Gasteiger partial charge in [-0.1, -0.05) is 121 Å². The molecule has 4 heteroatoms. The maximum atomic E-state index is 5.29. The van der Waals surface area contributed by atoms with Crippen LogP contribution in [0.3, 0.4) is 0 Å². The molecular formula is C46H29N3S. The van der Waals surface area contributed by atoms with Gasteiger partial charge >= 0.3 is 0 Å². The van der Waals surface area contributed by atoms with Gasteiger partial charge in [-0.15, -0.1) is 11.3 Å². The van der Waals surface area contributed by atoms with Crippen molar-refractivity contribution in [3.63, 3.8) is 0 Å². The molecular weight excluding hydrogens is 627 g/mol.